The predicted octanol–water partition coefficient (Wildman–Crippen LogP) is 2.56. The van der Waals surface area contributed by atoms with E-state index in [0.29, 0.717) is 11.5 Å². The van der Waals surface area contributed by atoms with Crippen LogP contribution in [0.4, 0.5) is 10.3 Å². The number of unbranched alkanes of at least 4 members (excludes halogenated alkanes) is 1. The summed E-state index contributed by atoms with van der Waals surface area (Å²) >= 11 is 0. The third-order valence-corrected chi connectivity index (χ3v) is 2.49. The summed E-state index contributed by atoms with van der Waals surface area (Å²) in [5.74, 6) is 0.0815. The number of nitrogens with two attached hydrogens (primary N) is 1. The number of benzene rings is 1. The van der Waals surface area contributed by atoms with Gasteiger partial charge in [0.2, 0.25) is 5.95 Å². The fourth-order valence-corrected chi connectivity index (χ4v) is 1.68. The van der Waals surface area contributed by atoms with Gasteiger partial charge in [-0.1, -0.05) is 19.4 Å². The summed E-state index contributed by atoms with van der Waals surface area (Å²) < 4.78 is 15.2. The Bertz CT molecular complexity index is 476. The van der Waals surface area contributed by atoms with E-state index in [2.05, 4.69) is 11.9 Å². The molecule has 0 amide bonds. The molecule has 0 aliphatic heterocycles. The normalized spacial score (nSPS) is 11.1. The molecule has 0 unspecified atom stereocenters. The fourth-order valence-electron chi connectivity index (χ4n) is 1.68. The number of imidazole rings is 1. The predicted molar refractivity (Wildman–Crippen MR) is 59.0 cm³/mol. The Kier molecular flexibility index (Phi) is 2.58. The first kappa shape index (κ1) is 9.96. The van der Waals surface area contributed by atoms with Crippen LogP contribution in [0.25, 0.3) is 11.0 Å². The Hall–Kier alpha value is -1.58. The summed E-state index contributed by atoms with van der Waals surface area (Å²) in [6.07, 6.45) is 2.10. The van der Waals surface area contributed by atoms with Crippen molar-refractivity contribution < 1.29 is 4.39 Å². The maximum Gasteiger partial charge on any atom is 0.201 e. The summed E-state index contributed by atoms with van der Waals surface area (Å²) in [5.41, 5.74) is 6.89. The second-order valence-corrected chi connectivity index (χ2v) is 3.58. The van der Waals surface area contributed by atoms with Crippen molar-refractivity contribution in [3.63, 3.8) is 0 Å². The number of para-hydroxylation sites is 1. The average molecular weight is 207 g/mol. The highest BCUT2D eigenvalue weighted by Gasteiger charge is 2.10. The van der Waals surface area contributed by atoms with Crippen LogP contribution in [0.5, 0.6) is 0 Å². The average Bonchev–Trinajstić information content (AvgIpc) is 2.54. The topological polar surface area (TPSA) is 43.8 Å². The molecule has 2 rings (SSSR count). The maximum absolute atomic E-state index is 13.4. The van der Waals surface area contributed by atoms with Crippen LogP contribution in [-0.2, 0) is 6.54 Å². The minimum atomic E-state index is -0.311. The highest BCUT2D eigenvalue weighted by molar-refractivity contribution is 5.78. The number of halogens is 1. The van der Waals surface area contributed by atoms with Gasteiger partial charge in [-0.3, -0.25) is 0 Å². The van der Waals surface area contributed by atoms with E-state index < -0.39 is 0 Å². The molecule has 0 fully saturated rings. The molecule has 1 aromatic carbocycles. The van der Waals surface area contributed by atoms with E-state index in [4.69, 9.17) is 5.73 Å². The van der Waals surface area contributed by atoms with E-state index >= 15 is 0 Å². The first-order valence-electron chi connectivity index (χ1n) is 5.14. The van der Waals surface area contributed by atoms with Crippen LogP contribution in [0.2, 0.25) is 0 Å². The molecule has 2 aromatic rings. The Morgan fingerprint density at radius 2 is 2.27 bits per heavy atom. The lowest BCUT2D eigenvalue weighted by Crippen LogP contribution is -2.02. The SMILES string of the molecule is CCCCn1c(N)nc2c(F)cccc21. The number of aryl methyl sites for hydroxylation is 1. The first-order chi connectivity index (χ1) is 7.24. The number of anilines is 1. The van der Waals surface area contributed by atoms with Gasteiger partial charge in [0.05, 0.1) is 5.52 Å². The largest absolute Gasteiger partial charge is 0.369 e. The third kappa shape index (κ3) is 1.67. The van der Waals surface area contributed by atoms with Crippen molar-refractivity contribution in [1.29, 1.82) is 0 Å². The van der Waals surface area contributed by atoms with E-state index in [9.17, 15) is 4.39 Å². The van der Waals surface area contributed by atoms with Crippen molar-refractivity contribution in [3.05, 3.63) is 24.0 Å². The van der Waals surface area contributed by atoms with Crippen molar-refractivity contribution in [3.8, 4) is 0 Å². The number of nitrogen functional groups attached to an aromatic ring is 1. The van der Waals surface area contributed by atoms with Crippen molar-refractivity contribution in [1.82, 2.24) is 9.55 Å². The summed E-state index contributed by atoms with van der Waals surface area (Å²) in [6.45, 7) is 2.90. The molecule has 0 radical (unpaired) electrons. The van der Waals surface area contributed by atoms with Gasteiger partial charge >= 0.3 is 0 Å². The fraction of sp³-hybridized carbons (Fsp3) is 0.364. The van der Waals surface area contributed by atoms with Crippen molar-refractivity contribution in [2.45, 2.75) is 26.3 Å². The van der Waals surface area contributed by atoms with Crippen LogP contribution < -0.4 is 5.73 Å². The summed E-state index contributed by atoms with van der Waals surface area (Å²) in [4.78, 5) is 4.03. The second-order valence-electron chi connectivity index (χ2n) is 3.58. The van der Waals surface area contributed by atoms with Gasteiger partial charge in [0.1, 0.15) is 5.52 Å². The molecule has 80 valence electrons. The quantitative estimate of drug-likeness (QED) is 0.840. The van der Waals surface area contributed by atoms with Gasteiger partial charge in [-0.25, -0.2) is 9.37 Å². The molecule has 0 spiro atoms. The Morgan fingerprint density at radius 1 is 1.47 bits per heavy atom. The lowest BCUT2D eigenvalue weighted by Gasteiger charge is -2.04. The van der Waals surface area contributed by atoms with Crippen molar-refractivity contribution in [2.24, 2.45) is 0 Å². The number of hydrogen-bond donors (Lipinski definition) is 1. The number of aromatic nitrogens is 2. The molecule has 1 aromatic heterocycles. The van der Waals surface area contributed by atoms with Gasteiger partial charge in [0.15, 0.2) is 5.82 Å². The summed E-state index contributed by atoms with van der Waals surface area (Å²) in [6, 6.07) is 4.93. The van der Waals surface area contributed by atoms with Gasteiger partial charge < -0.3 is 10.3 Å². The second kappa shape index (κ2) is 3.88. The Balaban J connectivity index is 2.53. The van der Waals surface area contributed by atoms with Crippen molar-refractivity contribution in [2.75, 3.05) is 5.73 Å². The molecule has 0 saturated heterocycles. The molecule has 1 heterocycles. The minimum Gasteiger partial charge on any atom is -0.369 e. The number of nitrogens with zero attached hydrogens (tertiary/aromatic N) is 2. The molecule has 15 heavy (non-hydrogen) atoms. The minimum absolute atomic E-state index is 0.311. The van der Waals surface area contributed by atoms with Crippen LogP contribution in [-0.4, -0.2) is 9.55 Å². The Labute approximate surface area is 87.7 Å². The zero-order valence-electron chi connectivity index (χ0n) is 8.70. The Morgan fingerprint density at radius 3 is 3.00 bits per heavy atom. The van der Waals surface area contributed by atoms with E-state index in [0.717, 1.165) is 24.9 Å². The highest BCUT2D eigenvalue weighted by atomic mass is 19.1. The molecule has 3 nitrogen and oxygen atoms in total. The summed E-state index contributed by atoms with van der Waals surface area (Å²) in [5, 5.41) is 0. The van der Waals surface area contributed by atoms with E-state index in [1.807, 2.05) is 10.6 Å². The van der Waals surface area contributed by atoms with Crippen LogP contribution in [0.15, 0.2) is 18.2 Å². The third-order valence-electron chi connectivity index (χ3n) is 2.49. The van der Waals surface area contributed by atoms with Gasteiger partial charge in [-0.15, -0.1) is 0 Å². The molecular formula is C11H14FN3. The molecule has 0 aliphatic carbocycles. The zero-order valence-corrected chi connectivity index (χ0v) is 8.70. The molecule has 0 bridgehead atoms. The van der Waals surface area contributed by atoms with Crippen LogP contribution in [0.1, 0.15) is 19.8 Å². The zero-order chi connectivity index (χ0) is 10.8. The van der Waals surface area contributed by atoms with Crippen molar-refractivity contribution >= 4 is 17.0 Å². The smallest absolute Gasteiger partial charge is 0.201 e. The van der Waals surface area contributed by atoms with Crippen LogP contribution in [0, 0.1) is 5.82 Å². The first-order valence-corrected chi connectivity index (χ1v) is 5.14. The summed E-state index contributed by atoms with van der Waals surface area (Å²) in [7, 11) is 0. The van der Waals surface area contributed by atoms with E-state index in [1.165, 1.54) is 6.07 Å². The number of rotatable bonds is 3. The maximum atomic E-state index is 13.4. The number of fused-ring (bicyclic) bond motifs is 1. The molecule has 0 atom stereocenters. The van der Waals surface area contributed by atoms with E-state index in [1.54, 1.807) is 6.07 Å². The van der Waals surface area contributed by atoms with Crippen LogP contribution >= 0.6 is 0 Å². The lowest BCUT2D eigenvalue weighted by molar-refractivity contribution is 0.636. The van der Waals surface area contributed by atoms with E-state index in [-0.39, 0.29) is 5.82 Å². The lowest BCUT2D eigenvalue weighted by atomic mass is 10.3. The van der Waals surface area contributed by atoms with Crippen LogP contribution in [0.3, 0.4) is 0 Å². The van der Waals surface area contributed by atoms with Gasteiger partial charge in [0.25, 0.3) is 0 Å². The molecular weight excluding hydrogens is 193 g/mol. The number of hydrogen-bond acceptors (Lipinski definition) is 2. The molecule has 2 N–H and O–H groups in total. The van der Waals surface area contributed by atoms with Gasteiger partial charge in [-0.05, 0) is 18.6 Å². The molecule has 0 saturated carbocycles. The standard InChI is InChI=1S/C11H14FN3/c1-2-3-7-15-9-6-4-5-8(12)10(9)14-11(15)13/h4-6H,2-3,7H2,1H3,(H2,13,14). The molecule has 0 aliphatic rings. The van der Waals surface area contributed by atoms with Gasteiger partial charge in [0, 0.05) is 6.54 Å². The van der Waals surface area contributed by atoms with Gasteiger partial charge in [-0.2, -0.15) is 0 Å². The monoisotopic (exact) mass is 207 g/mol. The molecule has 4 heteroatoms. The highest BCUT2D eigenvalue weighted by Crippen LogP contribution is 2.20.